The second-order valence-electron chi connectivity index (χ2n) is 7.91. The minimum atomic E-state index is -0.531. The standard InChI is InChI=1S/C25H20Cl2N2O/c1-16-20-6-3-2-5-17(20)15-25(18-9-11-19(26)12-10-18)21(13-14-29(16)25)24(30)22-7-4-8-23(27)28-22/h2-12,21H,1,13-15H2. The van der Waals surface area contributed by atoms with E-state index in [9.17, 15) is 4.79 Å². The number of nitrogens with zero attached hydrogens (tertiary/aromatic N) is 2. The van der Waals surface area contributed by atoms with Crippen LogP contribution in [0.4, 0.5) is 0 Å². The number of benzene rings is 2. The number of pyridine rings is 1. The molecule has 0 bridgehead atoms. The maximum atomic E-state index is 13.7. The molecule has 0 radical (unpaired) electrons. The third-order valence-electron chi connectivity index (χ3n) is 6.44. The molecule has 1 saturated heterocycles. The lowest BCUT2D eigenvalue weighted by Crippen LogP contribution is -2.50. The van der Waals surface area contributed by atoms with E-state index in [0.29, 0.717) is 15.9 Å². The van der Waals surface area contributed by atoms with E-state index in [0.717, 1.165) is 36.2 Å². The van der Waals surface area contributed by atoms with Gasteiger partial charge in [0.2, 0.25) is 0 Å². The molecular formula is C25H20Cl2N2O. The number of hydrogen-bond acceptors (Lipinski definition) is 3. The molecule has 5 rings (SSSR count). The van der Waals surface area contributed by atoms with E-state index in [-0.39, 0.29) is 11.7 Å². The van der Waals surface area contributed by atoms with E-state index in [4.69, 9.17) is 23.2 Å². The zero-order chi connectivity index (χ0) is 20.9. The van der Waals surface area contributed by atoms with Crippen LogP contribution in [0.3, 0.4) is 0 Å². The Hall–Kier alpha value is -2.62. The molecule has 3 heterocycles. The van der Waals surface area contributed by atoms with E-state index in [2.05, 4.69) is 28.6 Å². The topological polar surface area (TPSA) is 33.2 Å². The molecule has 0 amide bonds. The molecule has 2 unspecified atom stereocenters. The van der Waals surface area contributed by atoms with Gasteiger partial charge in [-0.3, -0.25) is 4.79 Å². The largest absolute Gasteiger partial charge is 0.361 e. The van der Waals surface area contributed by atoms with Crippen molar-refractivity contribution in [1.29, 1.82) is 0 Å². The monoisotopic (exact) mass is 434 g/mol. The van der Waals surface area contributed by atoms with Crippen molar-refractivity contribution in [3.05, 3.63) is 106 Å². The van der Waals surface area contributed by atoms with Crippen molar-refractivity contribution in [2.24, 2.45) is 5.92 Å². The first-order valence-corrected chi connectivity index (χ1v) is 10.7. The van der Waals surface area contributed by atoms with E-state index < -0.39 is 5.54 Å². The Bertz CT molecular complexity index is 1160. The number of hydrogen-bond donors (Lipinski definition) is 0. The maximum Gasteiger partial charge on any atom is 0.187 e. The van der Waals surface area contributed by atoms with Crippen molar-refractivity contribution in [3.8, 4) is 0 Å². The summed E-state index contributed by atoms with van der Waals surface area (Å²) in [5.41, 5.74) is 4.26. The van der Waals surface area contributed by atoms with Gasteiger partial charge < -0.3 is 4.90 Å². The highest BCUT2D eigenvalue weighted by Crippen LogP contribution is 2.53. The Morgan fingerprint density at radius 1 is 1.03 bits per heavy atom. The zero-order valence-corrected chi connectivity index (χ0v) is 17.8. The summed E-state index contributed by atoms with van der Waals surface area (Å²) in [6.07, 6.45) is 1.45. The Balaban J connectivity index is 1.70. The van der Waals surface area contributed by atoms with Gasteiger partial charge in [0.15, 0.2) is 5.78 Å². The maximum absolute atomic E-state index is 13.7. The van der Waals surface area contributed by atoms with Crippen LogP contribution in [-0.2, 0) is 12.0 Å². The fraction of sp³-hybridized carbons (Fsp3) is 0.200. The number of aromatic nitrogens is 1. The average Bonchev–Trinajstić information content (AvgIpc) is 3.14. The smallest absolute Gasteiger partial charge is 0.187 e. The molecule has 3 aromatic rings. The Morgan fingerprint density at radius 2 is 1.80 bits per heavy atom. The third-order valence-corrected chi connectivity index (χ3v) is 6.90. The van der Waals surface area contributed by atoms with Crippen LogP contribution in [-0.4, -0.2) is 22.2 Å². The van der Waals surface area contributed by atoms with Gasteiger partial charge in [-0.25, -0.2) is 4.98 Å². The normalized spacial score (nSPS) is 22.5. The second-order valence-corrected chi connectivity index (χ2v) is 8.74. The molecule has 1 aromatic heterocycles. The number of fused-ring (bicyclic) bond motifs is 2. The Morgan fingerprint density at radius 3 is 2.57 bits per heavy atom. The number of rotatable bonds is 3. The highest BCUT2D eigenvalue weighted by atomic mass is 35.5. The summed E-state index contributed by atoms with van der Waals surface area (Å²) in [6, 6.07) is 21.4. The molecule has 0 aliphatic carbocycles. The van der Waals surface area contributed by atoms with Gasteiger partial charge in [0.25, 0.3) is 0 Å². The summed E-state index contributed by atoms with van der Waals surface area (Å²) in [4.78, 5) is 20.3. The molecule has 2 aromatic carbocycles. The molecular weight excluding hydrogens is 415 g/mol. The first-order chi connectivity index (χ1) is 14.5. The molecule has 2 aliphatic heterocycles. The molecule has 0 saturated carbocycles. The summed E-state index contributed by atoms with van der Waals surface area (Å²) in [5, 5.41) is 1.00. The van der Waals surface area contributed by atoms with Gasteiger partial charge in [-0.2, -0.15) is 0 Å². The van der Waals surface area contributed by atoms with Gasteiger partial charge in [0.05, 0.1) is 11.5 Å². The molecule has 30 heavy (non-hydrogen) atoms. The van der Waals surface area contributed by atoms with Gasteiger partial charge >= 0.3 is 0 Å². The fourth-order valence-electron chi connectivity index (χ4n) is 5.14. The highest BCUT2D eigenvalue weighted by Gasteiger charge is 2.55. The predicted molar refractivity (Wildman–Crippen MR) is 121 cm³/mol. The van der Waals surface area contributed by atoms with Gasteiger partial charge in [0, 0.05) is 29.2 Å². The lowest BCUT2D eigenvalue weighted by atomic mass is 9.69. The van der Waals surface area contributed by atoms with Crippen LogP contribution < -0.4 is 0 Å². The summed E-state index contributed by atoms with van der Waals surface area (Å²) >= 11 is 12.3. The molecule has 2 atom stereocenters. The van der Waals surface area contributed by atoms with Gasteiger partial charge in [0.1, 0.15) is 10.8 Å². The molecule has 0 spiro atoms. The summed E-state index contributed by atoms with van der Waals surface area (Å²) in [6.45, 7) is 5.18. The van der Waals surface area contributed by atoms with Crippen molar-refractivity contribution in [2.45, 2.75) is 18.4 Å². The van der Waals surface area contributed by atoms with E-state index >= 15 is 0 Å². The predicted octanol–water partition coefficient (Wildman–Crippen LogP) is 6.02. The van der Waals surface area contributed by atoms with Crippen molar-refractivity contribution >= 4 is 34.7 Å². The van der Waals surface area contributed by atoms with Crippen LogP contribution >= 0.6 is 23.2 Å². The summed E-state index contributed by atoms with van der Waals surface area (Å²) in [5.74, 6) is -0.253. The van der Waals surface area contributed by atoms with Crippen LogP contribution in [0.2, 0.25) is 10.2 Å². The second kappa shape index (κ2) is 7.26. The van der Waals surface area contributed by atoms with Crippen LogP contribution in [0.5, 0.6) is 0 Å². The first kappa shape index (κ1) is 19.3. The number of Topliss-reactive ketones (excluding diaryl/α,β-unsaturated/α-hetero) is 1. The lowest BCUT2D eigenvalue weighted by Gasteiger charge is -2.48. The van der Waals surface area contributed by atoms with E-state index in [1.807, 2.05) is 36.4 Å². The minimum absolute atomic E-state index is 0.0159. The number of halogens is 2. The summed E-state index contributed by atoms with van der Waals surface area (Å²) < 4.78 is 0. The van der Waals surface area contributed by atoms with Crippen molar-refractivity contribution in [3.63, 3.8) is 0 Å². The van der Waals surface area contributed by atoms with Crippen LogP contribution in [0.15, 0.2) is 73.3 Å². The van der Waals surface area contributed by atoms with Crippen LogP contribution in [0.25, 0.3) is 5.70 Å². The molecule has 3 nitrogen and oxygen atoms in total. The number of carbonyl (C=O) groups excluding carboxylic acids is 1. The molecule has 2 aliphatic rings. The minimum Gasteiger partial charge on any atom is -0.361 e. The third kappa shape index (κ3) is 2.88. The number of carbonyl (C=O) groups is 1. The van der Waals surface area contributed by atoms with Gasteiger partial charge in [-0.15, -0.1) is 0 Å². The highest BCUT2D eigenvalue weighted by molar-refractivity contribution is 6.30. The van der Waals surface area contributed by atoms with E-state index in [1.165, 1.54) is 5.56 Å². The Labute approximate surface area is 186 Å². The zero-order valence-electron chi connectivity index (χ0n) is 16.3. The van der Waals surface area contributed by atoms with Gasteiger partial charge in [-0.1, -0.05) is 72.2 Å². The van der Waals surface area contributed by atoms with Gasteiger partial charge in [-0.05, 0) is 41.8 Å². The quantitative estimate of drug-likeness (QED) is 0.373. The SMILES string of the molecule is C=C1c2ccccc2CC2(c3ccc(Cl)cc3)C(C(=O)c3cccc(Cl)n3)CCN12. The van der Waals surface area contributed by atoms with Crippen molar-refractivity contribution < 1.29 is 4.79 Å². The van der Waals surface area contributed by atoms with Crippen LogP contribution in [0.1, 0.15) is 33.6 Å². The fourth-order valence-corrected chi connectivity index (χ4v) is 5.43. The van der Waals surface area contributed by atoms with Crippen molar-refractivity contribution in [2.75, 3.05) is 6.54 Å². The molecule has 150 valence electrons. The summed E-state index contributed by atoms with van der Waals surface area (Å²) in [7, 11) is 0. The molecule has 0 N–H and O–H groups in total. The molecule has 5 heteroatoms. The average molecular weight is 435 g/mol. The van der Waals surface area contributed by atoms with E-state index in [1.54, 1.807) is 18.2 Å². The lowest BCUT2D eigenvalue weighted by molar-refractivity contribution is 0.0771. The van der Waals surface area contributed by atoms with Crippen molar-refractivity contribution in [1.82, 2.24) is 9.88 Å². The van der Waals surface area contributed by atoms with Crippen LogP contribution in [0, 0.1) is 5.92 Å². The Kier molecular flexibility index (Phi) is 4.68. The first-order valence-electron chi connectivity index (χ1n) is 9.98. The molecule has 1 fully saturated rings. The number of ketones is 1.